The molecule has 0 N–H and O–H groups in total. The molecule has 2 aliphatic heterocycles. The molecule has 0 aliphatic carbocycles. The molecule has 1 saturated heterocycles. The first-order valence-electron chi connectivity index (χ1n) is 10.5. The number of fused-ring (bicyclic) bond motifs is 1. The molecule has 4 rings (SSSR count). The summed E-state index contributed by atoms with van der Waals surface area (Å²) in [5.74, 6) is 0.909. The number of methoxy groups -OCH3 is 1. The number of hydrogen-bond acceptors (Lipinski definition) is 3. The Bertz CT molecular complexity index is 950. The Morgan fingerprint density at radius 2 is 1.73 bits per heavy atom. The maximum absolute atomic E-state index is 13.4. The molecule has 5 nitrogen and oxygen atoms in total. The molecule has 0 atom stereocenters. The highest BCUT2D eigenvalue weighted by Gasteiger charge is 2.34. The van der Waals surface area contributed by atoms with E-state index in [2.05, 4.69) is 28.9 Å². The van der Waals surface area contributed by atoms with Crippen LogP contribution in [-0.2, 0) is 11.2 Å². The second-order valence-electron chi connectivity index (χ2n) is 8.08. The van der Waals surface area contributed by atoms with Gasteiger partial charge >= 0.3 is 0 Å². The number of aryl methyl sites for hydroxylation is 1. The number of carbonyl (C=O) groups is 2. The van der Waals surface area contributed by atoms with E-state index in [0.29, 0.717) is 31.5 Å². The lowest BCUT2D eigenvalue weighted by atomic mass is 9.91. The number of likely N-dealkylation sites (tertiary alicyclic amines) is 1. The molecule has 0 spiro atoms. The van der Waals surface area contributed by atoms with E-state index in [1.807, 2.05) is 40.1 Å². The maximum atomic E-state index is 13.4. The van der Waals surface area contributed by atoms with E-state index in [0.717, 1.165) is 35.3 Å². The van der Waals surface area contributed by atoms with Crippen molar-refractivity contribution in [3.05, 3.63) is 57.6 Å². The fourth-order valence-corrected chi connectivity index (χ4v) is 4.83. The Labute approximate surface area is 186 Å². The van der Waals surface area contributed by atoms with Crippen LogP contribution in [0.3, 0.4) is 0 Å². The summed E-state index contributed by atoms with van der Waals surface area (Å²) < 4.78 is 6.55. The van der Waals surface area contributed by atoms with Crippen molar-refractivity contribution in [2.24, 2.45) is 5.92 Å². The molecule has 30 heavy (non-hydrogen) atoms. The molecule has 0 bridgehead atoms. The van der Waals surface area contributed by atoms with Gasteiger partial charge in [-0.1, -0.05) is 22.0 Å². The summed E-state index contributed by atoms with van der Waals surface area (Å²) in [7, 11) is 1.66. The Morgan fingerprint density at radius 1 is 1.03 bits per heavy atom. The van der Waals surface area contributed by atoms with Crippen LogP contribution in [0.2, 0.25) is 0 Å². The van der Waals surface area contributed by atoms with Crippen molar-refractivity contribution >= 4 is 33.4 Å². The number of halogens is 1. The Balaban J connectivity index is 1.46. The van der Waals surface area contributed by atoms with Crippen LogP contribution in [0.1, 0.15) is 40.7 Å². The van der Waals surface area contributed by atoms with E-state index in [1.165, 1.54) is 11.1 Å². The average Bonchev–Trinajstić information content (AvgIpc) is 2.79. The van der Waals surface area contributed by atoms with Gasteiger partial charge in [0.2, 0.25) is 5.91 Å². The van der Waals surface area contributed by atoms with Gasteiger partial charge in [0, 0.05) is 35.6 Å². The lowest BCUT2D eigenvalue weighted by Crippen LogP contribution is -2.46. The molecule has 0 saturated carbocycles. The van der Waals surface area contributed by atoms with Crippen LogP contribution in [0.5, 0.6) is 5.75 Å². The summed E-state index contributed by atoms with van der Waals surface area (Å²) in [5.41, 5.74) is 4.06. The summed E-state index contributed by atoms with van der Waals surface area (Å²) >= 11 is 3.40. The number of piperidine rings is 1. The number of rotatable bonds is 3. The van der Waals surface area contributed by atoms with Gasteiger partial charge in [-0.25, -0.2) is 0 Å². The lowest BCUT2D eigenvalue weighted by molar-refractivity contribution is -0.123. The minimum absolute atomic E-state index is 0.0361. The van der Waals surface area contributed by atoms with Gasteiger partial charge in [-0.05, 0) is 74.1 Å². The van der Waals surface area contributed by atoms with Crippen molar-refractivity contribution in [1.82, 2.24) is 4.90 Å². The Hall–Kier alpha value is -2.34. The Kier molecular flexibility index (Phi) is 6.14. The number of amides is 2. The van der Waals surface area contributed by atoms with E-state index in [9.17, 15) is 9.59 Å². The zero-order valence-electron chi connectivity index (χ0n) is 17.5. The van der Waals surface area contributed by atoms with Gasteiger partial charge in [0.05, 0.1) is 12.8 Å². The van der Waals surface area contributed by atoms with Crippen LogP contribution in [0.25, 0.3) is 0 Å². The number of benzene rings is 2. The number of nitrogens with zero attached hydrogens (tertiary/aromatic N) is 2. The number of ether oxygens (including phenoxy) is 1. The van der Waals surface area contributed by atoms with Crippen LogP contribution in [0.4, 0.5) is 5.69 Å². The van der Waals surface area contributed by atoms with Crippen molar-refractivity contribution in [1.29, 1.82) is 0 Å². The highest BCUT2D eigenvalue weighted by molar-refractivity contribution is 9.10. The van der Waals surface area contributed by atoms with Gasteiger partial charge < -0.3 is 14.5 Å². The number of anilines is 1. The van der Waals surface area contributed by atoms with Gasteiger partial charge in [-0.15, -0.1) is 0 Å². The van der Waals surface area contributed by atoms with Crippen LogP contribution >= 0.6 is 15.9 Å². The first-order chi connectivity index (χ1) is 14.5. The molecule has 0 radical (unpaired) electrons. The minimum atomic E-state index is -0.0601. The highest BCUT2D eigenvalue weighted by atomic mass is 79.9. The summed E-state index contributed by atoms with van der Waals surface area (Å²) in [4.78, 5) is 30.0. The van der Waals surface area contributed by atoms with Crippen LogP contribution in [0.15, 0.2) is 40.9 Å². The van der Waals surface area contributed by atoms with Crippen molar-refractivity contribution in [2.45, 2.75) is 32.6 Å². The highest BCUT2D eigenvalue weighted by Crippen LogP contribution is 2.39. The van der Waals surface area contributed by atoms with Gasteiger partial charge in [-0.3, -0.25) is 9.59 Å². The summed E-state index contributed by atoms with van der Waals surface area (Å²) in [6.07, 6.45) is 3.33. The molecule has 158 valence electrons. The maximum Gasteiger partial charge on any atom is 0.253 e. The van der Waals surface area contributed by atoms with E-state index < -0.39 is 0 Å². The first-order valence-corrected chi connectivity index (χ1v) is 11.3. The van der Waals surface area contributed by atoms with Gasteiger partial charge in [0.25, 0.3) is 5.91 Å². The normalized spacial score (nSPS) is 16.9. The van der Waals surface area contributed by atoms with Crippen molar-refractivity contribution in [3.63, 3.8) is 0 Å². The van der Waals surface area contributed by atoms with E-state index in [-0.39, 0.29) is 17.7 Å². The van der Waals surface area contributed by atoms with Crippen LogP contribution < -0.4 is 9.64 Å². The monoisotopic (exact) mass is 470 g/mol. The SMILES string of the molecule is COc1ccc(C)c2c1N(C(=O)C1CCN(C(=O)c3ccc(Br)cc3)CC1)CCC2. The molecule has 0 unspecified atom stereocenters. The van der Waals surface area contributed by atoms with Gasteiger partial charge in [0.1, 0.15) is 5.75 Å². The van der Waals surface area contributed by atoms with Crippen molar-refractivity contribution in [2.75, 3.05) is 31.6 Å². The molecule has 2 amide bonds. The summed E-state index contributed by atoms with van der Waals surface area (Å²) in [5, 5.41) is 0. The zero-order valence-corrected chi connectivity index (χ0v) is 19.1. The predicted octanol–water partition coefficient (Wildman–Crippen LogP) is 4.60. The zero-order chi connectivity index (χ0) is 21.3. The van der Waals surface area contributed by atoms with E-state index in [4.69, 9.17) is 4.74 Å². The second-order valence-corrected chi connectivity index (χ2v) is 8.99. The molecule has 0 aromatic heterocycles. The Morgan fingerprint density at radius 3 is 2.40 bits per heavy atom. The van der Waals surface area contributed by atoms with E-state index in [1.54, 1.807) is 7.11 Å². The largest absolute Gasteiger partial charge is 0.495 e. The fraction of sp³-hybridized carbons (Fsp3) is 0.417. The third-order valence-corrected chi connectivity index (χ3v) is 6.80. The molecule has 6 heteroatoms. The van der Waals surface area contributed by atoms with Crippen molar-refractivity contribution < 1.29 is 14.3 Å². The average molecular weight is 471 g/mol. The first kappa shape index (κ1) is 20.9. The summed E-state index contributed by atoms with van der Waals surface area (Å²) in [6, 6.07) is 11.5. The predicted molar refractivity (Wildman–Crippen MR) is 121 cm³/mol. The number of hydrogen-bond donors (Lipinski definition) is 0. The molecular weight excluding hydrogens is 444 g/mol. The van der Waals surface area contributed by atoms with Crippen LogP contribution in [-0.4, -0.2) is 43.5 Å². The van der Waals surface area contributed by atoms with Gasteiger partial charge in [0.15, 0.2) is 0 Å². The topological polar surface area (TPSA) is 49.9 Å². The molecular formula is C24H27BrN2O3. The van der Waals surface area contributed by atoms with Crippen LogP contribution in [0, 0.1) is 12.8 Å². The number of carbonyl (C=O) groups excluding carboxylic acids is 2. The molecule has 2 aromatic rings. The molecule has 1 fully saturated rings. The second kappa shape index (κ2) is 8.80. The third kappa shape index (κ3) is 3.97. The summed E-state index contributed by atoms with van der Waals surface area (Å²) in [6.45, 7) is 4.04. The van der Waals surface area contributed by atoms with Crippen molar-refractivity contribution in [3.8, 4) is 5.75 Å². The smallest absolute Gasteiger partial charge is 0.253 e. The molecule has 2 heterocycles. The minimum Gasteiger partial charge on any atom is -0.495 e. The fourth-order valence-electron chi connectivity index (χ4n) is 4.56. The standard InChI is InChI=1S/C24H27BrN2O3/c1-16-5-10-21(30-2)22-20(16)4-3-13-27(22)24(29)18-11-14-26(15-12-18)23(28)17-6-8-19(25)9-7-17/h5-10,18H,3-4,11-15H2,1-2H3. The quantitative estimate of drug-likeness (QED) is 0.658. The van der Waals surface area contributed by atoms with E-state index >= 15 is 0 Å². The lowest BCUT2D eigenvalue weighted by Gasteiger charge is -2.37. The molecule has 2 aromatic carbocycles. The third-order valence-electron chi connectivity index (χ3n) is 6.27. The van der Waals surface area contributed by atoms with Gasteiger partial charge in [-0.2, -0.15) is 0 Å². The molecule has 2 aliphatic rings.